The third kappa shape index (κ3) is 6.33. The third-order valence-electron chi connectivity index (χ3n) is 3.53. The van der Waals surface area contributed by atoms with Crippen molar-refractivity contribution in [2.24, 2.45) is 0 Å². The van der Waals surface area contributed by atoms with Gasteiger partial charge in [0, 0.05) is 26.2 Å². The Morgan fingerprint density at radius 3 is 1.72 bits per heavy atom. The number of hydrogen-bond donors (Lipinski definition) is 0. The van der Waals surface area contributed by atoms with Crippen molar-refractivity contribution in [3.05, 3.63) is 54.6 Å². The zero-order chi connectivity index (χ0) is 18.1. The Morgan fingerprint density at radius 2 is 1.24 bits per heavy atom. The molecule has 2 rings (SSSR count). The standard InChI is InChI=1S/C19H24N2O4/c1-16(2)24-18(22)20-12-14-21(15-13-20)19(23)25-17-10-8-6-4-3-5-7-9-11-17/h3-11,16H,12-15H2,1-2H3. The van der Waals surface area contributed by atoms with Crippen molar-refractivity contribution < 1.29 is 19.1 Å². The highest BCUT2D eigenvalue weighted by atomic mass is 16.6. The van der Waals surface area contributed by atoms with Gasteiger partial charge in [0.1, 0.15) is 5.75 Å². The van der Waals surface area contributed by atoms with Gasteiger partial charge in [-0.1, -0.05) is 42.5 Å². The Kier molecular flexibility index (Phi) is 7.07. The van der Waals surface area contributed by atoms with Crippen molar-refractivity contribution in [1.82, 2.24) is 9.80 Å². The summed E-state index contributed by atoms with van der Waals surface area (Å²) in [6.07, 6.45) is -0.914. The van der Waals surface area contributed by atoms with E-state index in [0.29, 0.717) is 31.9 Å². The first-order chi connectivity index (χ1) is 12.1. The quantitative estimate of drug-likeness (QED) is 0.824. The van der Waals surface area contributed by atoms with Gasteiger partial charge in [0.15, 0.2) is 0 Å². The Balaban J connectivity index is 1.92. The number of amides is 2. The van der Waals surface area contributed by atoms with Crippen LogP contribution in [-0.4, -0.2) is 54.3 Å². The molecule has 0 saturated carbocycles. The maximum Gasteiger partial charge on any atom is 0.415 e. The van der Waals surface area contributed by atoms with Crippen molar-refractivity contribution in [2.75, 3.05) is 26.2 Å². The van der Waals surface area contributed by atoms with Gasteiger partial charge in [-0.3, -0.25) is 0 Å². The second-order valence-electron chi connectivity index (χ2n) is 5.86. The van der Waals surface area contributed by atoms with Gasteiger partial charge >= 0.3 is 12.2 Å². The molecule has 6 heteroatoms. The van der Waals surface area contributed by atoms with Gasteiger partial charge in [0.25, 0.3) is 0 Å². The Labute approximate surface area is 148 Å². The van der Waals surface area contributed by atoms with Crippen LogP contribution in [0.2, 0.25) is 0 Å². The third-order valence-corrected chi connectivity index (χ3v) is 3.53. The second-order valence-corrected chi connectivity index (χ2v) is 5.86. The minimum absolute atomic E-state index is 0.154. The van der Waals surface area contributed by atoms with E-state index in [4.69, 9.17) is 9.47 Å². The summed E-state index contributed by atoms with van der Waals surface area (Å²) in [6, 6.07) is 16.5. The van der Waals surface area contributed by atoms with Crippen LogP contribution in [0.4, 0.5) is 9.59 Å². The number of piperazine rings is 1. The van der Waals surface area contributed by atoms with Crippen LogP contribution in [0.5, 0.6) is 5.75 Å². The van der Waals surface area contributed by atoms with Crippen molar-refractivity contribution in [3.8, 4) is 5.75 Å². The van der Waals surface area contributed by atoms with Crippen molar-refractivity contribution in [1.29, 1.82) is 0 Å². The first-order valence-electron chi connectivity index (χ1n) is 8.37. The van der Waals surface area contributed by atoms with E-state index < -0.39 is 6.09 Å². The maximum atomic E-state index is 12.3. The molecule has 0 spiro atoms. The van der Waals surface area contributed by atoms with E-state index >= 15 is 0 Å². The van der Waals surface area contributed by atoms with Crippen molar-refractivity contribution in [3.63, 3.8) is 0 Å². The summed E-state index contributed by atoms with van der Waals surface area (Å²) in [7, 11) is 0. The minimum Gasteiger partial charge on any atom is -0.447 e. The zero-order valence-corrected chi connectivity index (χ0v) is 14.6. The SMILES string of the molecule is CC(C)OC(=O)N1CCN(C(=O)Oc2ccccccccc2)CC1. The van der Waals surface area contributed by atoms with E-state index in [1.54, 1.807) is 21.9 Å². The fourth-order valence-electron chi connectivity index (χ4n) is 2.26. The molecule has 2 amide bonds. The van der Waals surface area contributed by atoms with Crippen molar-refractivity contribution >= 4 is 12.2 Å². The molecule has 0 radical (unpaired) electrons. The molecule has 1 aromatic carbocycles. The lowest BCUT2D eigenvalue weighted by Gasteiger charge is -2.33. The van der Waals surface area contributed by atoms with Crippen LogP contribution in [0, 0.1) is 0 Å². The molecule has 0 aliphatic carbocycles. The average molecular weight is 344 g/mol. The molecular weight excluding hydrogens is 320 g/mol. The largest absolute Gasteiger partial charge is 0.447 e. The van der Waals surface area contributed by atoms with Crippen molar-refractivity contribution in [2.45, 2.75) is 20.0 Å². The minimum atomic E-state index is -0.419. The molecule has 1 aliphatic heterocycles. The highest BCUT2D eigenvalue weighted by molar-refractivity contribution is 5.72. The zero-order valence-electron chi connectivity index (χ0n) is 14.6. The van der Waals surface area contributed by atoms with Gasteiger partial charge < -0.3 is 19.3 Å². The van der Waals surface area contributed by atoms with Crippen LogP contribution in [-0.2, 0) is 4.74 Å². The molecule has 134 valence electrons. The summed E-state index contributed by atoms with van der Waals surface area (Å²) >= 11 is 0. The smallest absolute Gasteiger partial charge is 0.415 e. The number of carbonyl (C=O) groups excluding carboxylic acids is 2. The van der Waals surface area contributed by atoms with Gasteiger partial charge in [-0.25, -0.2) is 9.59 Å². The maximum absolute atomic E-state index is 12.3. The van der Waals surface area contributed by atoms with Crippen LogP contribution in [0.3, 0.4) is 0 Å². The summed E-state index contributed by atoms with van der Waals surface area (Å²) in [5.74, 6) is 0.461. The van der Waals surface area contributed by atoms with E-state index in [2.05, 4.69) is 0 Å². The fourth-order valence-corrected chi connectivity index (χ4v) is 2.26. The first-order valence-corrected chi connectivity index (χ1v) is 8.37. The summed E-state index contributed by atoms with van der Waals surface area (Å²) < 4.78 is 10.6. The lowest BCUT2D eigenvalue weighted by molar-refractivity contribution is 0.0571. The van der Waals surface area contributed by atoms with Gasteiger partial charge in [-0.05, 0) is 26.0 Å². The molecule has 1 heterocycles. The predicted octanol–water partition coefficient (Wildman–Crippen LogP) is 3.47. The molecule has 1 aromatic rings. The number of carbonyl (C=O) groups is 2. The molecule has 25 heavy (non-hydrogen) atoms. The number of hydrogen-bond acceptors (Lipinski definition) is 4. The average Bonchev–Trinajstić information content (AvgIpc) is 2.60. The monoisotopic (exact) mass is 344 g/mol. The van der Waals surface area contributed by atoms with Crippen LogP contribution < -0.4 is 4.74 Å². The van der Waals surface area contributed by atoms with Gasteiger partial charge in [0.2, 0.25) is 0 Å². The topological polar surface area (TPSA) is 59.1 Å². The van der Waals surface area contributed by atoms with E-state index in [1.165, 1.54) is 0 Å². The fraction of sp³-hybridized carbons (Fsp3) is 0.368. The first kappa shape index (κ1) is 18.6. The lowest BCUT2D eigenvalue weighted by Crippen LogP contribution is -2.51. The van der Waals surface area contributed by atoms with E-state index in [9.17, 15) is 9.59 Å². The second kappa shape index (κ2) is 9.52. The van der Waals surface area contributed by atoms with Gasteiger partial charge in [-0.15, -0.1) is 0 Å². The number of nitrogens with zero attached hydrogens (tertiary/aromatic N) is 2. The number of rotatable bonds is 2. The Hall–Kier alpha value is -2.76. The van der Waals surface area contributed by atoms with E-state index in [-0.39, 0.29) is 12.2 Å². The van der Waals surface area contributed by atoms with Gasteiger partial charge in [0.05, 0.1) is 6.10 Å². The predicted molar refractivity (Wildman–Crippen MR) is 94.9 cm³/mol. The van der Waals surface area contributed by atoms with E-state index in [0.717, 1.165) is 0 Å². The summed E-state index contributed by atoms with van der Waals surface area (Å²) in [5.41, 5.74) is 0. The van der Waals surface area contributed by atoms with Crippen LogP contribution >= 0.6 is 0 Å². The van der Waals surface area contributed by atoms with Crippen LogP contribution in [0.1, 0.15) is 13.8 Å². The molecule has 1 fully saturated rings. The van der Waals surface area contributed by atoms with E-state index in [1.807, 2.05) is 56.3 Å². The molecule has 1 aliphatic rings. The van der Waals surface area contributed by atoms with Gasteiger partial charge in [-0.2, -0.15) is 0 Å². The molecular formula is C19H24N2O4. The summed E-state index contributed by atoms with van der Waals surface area (Å²) in [6.45, 7) is 5.33. The molecule has 0 unspecified atom stereocenters. The molecule has 0 atom stereocenters. The Morgan fingerprint density at radius 1 is 0.800 bits per heavy atom. The summed E-state index contributed by atoms with van der Waals surface area (Å²) in [4.78, 5) is 27.4. The van der Waals surface area contributed by atoms with Crippen LogP contribution in [0.15, 0.2) is 54.6 Å². The highest BCUT2D eigenvalue weighted by Crippen LogP contribution is 2.11. The molecule has 0 aromatic heterocycles. The Bertz CT molecular complexity index is 614. The summed E-state index contributed by atoms with van der Waals surface area (Å²) in [5, 5.41) is 0. The lowest BCUT2D eigenvalue weighted by atomic mass is 10.3. The molecule has 6 nitrogen and oxygen atoms in total. The number of ether oxygens (including phenoxy) is 2. The molecule has 0 bridgehead atoms. The molecule has 1 saturated heterocycles. The molecule has 0 N–H and O–H groups in total. The van der Waals surface area contributed by atoms with Crippen LogP contribution in [0.25, 0.3) is 0 Å². The normalized spacial score (nSPS) is 13.9. The highest BCUT2D eigenvalue weighted by Gasteiger charge is 2.26.